The third-order valence-corrected chi connectivity index (χ3v) is 4.29. The molecule has 2 rings (SSSR count). The second-order valence-corrected chi connectivity index (χ2v) is 7.02. The molecule has 0 saturated carbocycles. The van der Waals surface area contributed by atoms with Gasteiger partial charge in [0.15, 0.2) is 0 Å². The van der Waals surface area contributed by atoms with Crippen LogP contribution in [0.25, 0.3) is 0 Å². The molecule has 0 spiro atoms. The van der Waals surface area contributed by atoms with Crippen LogP contribution in [0.4, 0.5) is 0 Å². The summed E-state index contributed by atoms with van der Waals surface area (Å²) < 4.78 is 0. The Hall–Kier alpha value is -0.930. The molecule has 112 valence electrons. The first kappa shape index (κ1) is 15.5. The Balaban J connectivity index is 2.07. The predicted molar refractivity (Wildman–Crippen MR) is 84.6 cm³/mol. The van der Waals surface area contributed by atoms with E-state index in [0.717, 1.165) is 19.6 Å². The van der Waals surface area contributed by atoms with Gasteiger partial charge < -0.3 is 5.32 Å². The lowest BCUT2D eigenvalue weighted by Crippen LogP contribution is -2.59. The highest BCUT2D eigenvalue weighted by molar-refractivity contribution is 5.04. The van der Waals surface area contributed by atoms with Crippen LogP contribution in [-0.4, -0.2) is 35.1 Å². The van der Waals surface area contributed by atoms with Crippen molar-refractivity contribution < 1.29 is 0 Å². The van der Waals surface area contributed by atoms with Crippen molar-refractivity contribution in [2.24, 2.45) is 5.41 Å². The van der Waals surface area contributed by atoms with Gasteiger partial charge in [0.25, 0.3) is 0 Å². The minimum absolute atomic E-state index is 0.305. The molecular weight excluding hydrogens is 246 g/mol. The average molecular weight is 275 g/mol. The van der Waals surface area contributed by atoms with Gasteiger partial charge in [0.05, 0.1) is 5.69 Å². The quantitative estimate of drug-likeness (QED) is 0.915. The van der Waals surface area contributed by atoms with E-state index in [0.29, 0.717) is 17.5 Å². The van der Waals surface area contributed by atoms with Gasteiger partial charge in [-0.25, -0.2) is 0 Å². The fraction of sp³-hybridized carbons (Fsp3) is 0.706. The van der Waals surface area contributed by atoms with Crippen LogP contribution >= 0.6 is 0 Å². The van der Waals surface area contributed by atoms with E-state index in [1.54, 1.807) is 0 Å². The molecule has 1 aromatic heterocycles. The molecule has 3 heteroatoms. The molecule has 1 N–H and O–H groups in total. The Morgan fingerprint density at radius 2 is 2.15 bits per heavy atom. The predicted octanol–water partition coefficient (Wildman–Crippen LogP) is 3.07. The summed E-state index contributed by atoms with van der Waals surface area (Å²) in [7, 11) is 0. The van der Waals surface area contributed by atoms with E-state index >= 15 is 0 Å². The van der Waals surface area contributed by atoms with Gasteiger partial charge in [0.2, 0.25) is 0 Å². The van der Waals surface area contributed by atoms with Gasteiger partial charge in [-0.1, -0.05) is 40.2 Å². The molecule has 0 aromatic carbocycles. The maximum atomic E-state index is 4.49. The molecule has 1 saturated heterocycles. The van der Waals surface area contributed by atoms with E-state index < -0.39 is 0 Å². The molecule has 0 bridgehead atoms. The summed E-state index contributed by atoms with van der Waals surface area (Å²) in [5, 5.41) is 3.75. The molecule has 20 heavy (non-hydrogen) atoms. The molecule has 0 radical (unpaired) electrons. The van der Waals surface area contributed by atoms with E-state index in [-0.39, 0.29) is 0 Å². The second kappa shape index (κ2) is 6.68. The van der Waals surface area contributed by atoms with Crippen LogP contribution in [0.2, 0.25) is 0 Å². The number of nitrogens with zero attached hydrogens (tertiary/aromatic N) is 2. The van der Waals surface area contributed by atoms with Gasteiger partial charge in [-0.15, -0.1) is 0 Å². The third-order valence-electron chi connectivity index (χ3n) is 4.29. The van der Waals surface area contributed by atoms with Gasteiger partial charge >= 0.3 is 0 Å². The van der Waals surface area contributed by atoms with E-state index in [1.807, 2.05) is 12.3 Å². The fourth-order valence-electron chi connectivity index (χ4n) is 2.95. The number of aromatic nitrogens is 1. The molecule has 2 unspecified atom stereocenters. The molecule has 1 aliphatic heterocycles. The fourth-order valence-corrected chi connectivity index (χ4v) is 2.95. The topological polar surface area (TPSA) is 28.2 Å². The van der Waals surface area contributed by atoms with E-state index in [2.05, 4.69) is 55.0 Å². The molecule has 0 amide bonds. The number of hydrogen-bond acceptors (Lipinski definition) is 3. The normalized spacial score (nSPS) is 24.8. The second-order valence-electron chi connectivity index (χ2n) is 7.02. The van der Waals surface area contributed by atoms with E-state index in [9.17, 15) is 0 Å². The minimum atomic E-state index is 0.305. The van der Waals surface area contributed by atoms with Crippen LogP contribution in [0.5, 0.6) is 0 Å². The zero-order valence-electron chi connectivity index (χ0n) is 13.4. The molecule has 1 aliphatic rings. The molecule has 3 nitrogen and oxygen atoms in total. The average Bonchev–Trinajstić information content (AvgIpc) is 2.41. The molecule has 1 fully saturated rings. The van der Waals surface area contributed by atoms with E-state index in [4.69, 9.17) is 0 Å². The summed E-state index contributed by atoms with van der Waals surface area (Å²) >= 11 is 0. The first-order valence-electron chi connectivity index (χ1n) is 7.88. The SMILES string of the molecule is CCCC1CNC(C(C)(C)C)CN1Cc1ccccn1. The maximum absolute atomic E-state index is 4.49. The van der Waals surface area contributed by atoms with Gasteiger partial charge in [0.1, 0.15) is 0 Å². The summed E-state index contributed by atoms with van der Waals surface area (Å²) in [6.07, 6.45) is 4.40. The molecule has 2 atom stereocenters. The third kappa shape index (κ3) is 4.03. The Morgan fingerprint density at radius 3 is 2.75 bits per heavy atom. The zero-order valence-corrected chi connectivity index (χ0v) is 13.4. The summed E-state index contributed by atoms with van der Waals surface area (Å²) in [4.78, 5) is 7.12. The monoisotopic (exact) mass is 275 g/mol. The summed E-state index contributed by atoms with van der Waals surface area (Å²) in [5.74, 6) is 0. The Bertz CT molecular complexity index is 396. The lowest BCUT2D eigenvalue weighted by atomic mass is 9.84. The molecule has 1 aromatic rings. The maximum Gasteiger partial charge on any atom is 0.0544 e. The Morgan fingerprint density at radius 1 is 1.35 bits per heavy atom. The molecular formula is C17H29N3. The number of nitrogens with one attached hydrogen (secondary N) is 1. The number of rotatable bonds is 4. The van der Waals surface area contributed by atoms with Crippen LogP contribution in [0.15, 0.2) is 24.4 Å². The zero-order chi connectivity index (χ0) is 14.6. The van der Waals surface area contributed by atoms with Crippen molar-refractivity contribution in [3.63, 3.8) is 0 Å². The van der Waals surface area contributed by atoms with Crippen molar-refractivity contribution in [3.8, 4) is 0 Å². The van der Waals surface area contributed by atoms with Crippen molar-refractivity contribution in [3.05, 3.63) is 30.1 Å². The van der Waals surface area contributed by atoms with Gasteiger partial charge in [-0.2, -0.15) is 0 Å². The Labute approximate surface area is 123 Å². The standard InChI is InChI=1S/C17H29N3/c1-5-8-15-11-19-16(17(2,3)4)13-20(15)12-14-9-6-7-10-18-14/h6-7,9-10,15-16,19H,5,8,11-13H2,1-4H3. The van der Waals surface area contributed by atoms with Crippen molar-refractivity contribution in [1.82, 2.24) is 15.2 Å². The molecule has 0 aliphatic carbocycles. The number of hydrogen-bond donors (Lipinski definition) is 1. The van der Waals surface area contributed by atoms with Crippen LogP contribution < -0.4 is 5.32 Å². The minimum Gasteiger partial charge on any atom is -0.311 e. The number of pyridine rings is 1. The summed E-state index contributed by atoms with van der Waals surface area (Å²) in [6.45, 7) is 12.4. The van der Waals surface area contributed by atoms with Crippen molar-refractivity contribution >= 4 is 0 Å². The largest absolute Gasteiger partial charge is 0.311 e. The van der Waals surface area contributed by atoms with Crippen LogP contribution in [0.3, 0.4) is 0 Å². The van der Waals surface area contributed by atoms with E-state index in [1.165, 1.54) is 18.5 Å². The number of piperazine rings is 1. The van der Waals surface area contributed by atoms with Gasteiger partial charge in [-0.05, 0) is 24.0 Å². The van der Waals surface area contributed by atoms with Gasteiger partial charge in [0, 0.05) is 37.9 Å². The Kier molecular flexibility index (Phi) is 5.17. The summed E-state index contributed by atoms with van der Waals surface area (Å²) in [6, 6.07) is 7.40. The lowest BCUT2D eigenvalue weighted by Gasteiger charge is -2.45. The first-order chi connectivity index (χ1) is 9.50. The highest BCUT2D eigenvalue weighted by atomic mass is 15.2. The lowest BCUT2D eigenvalue weighted by molar-refractivity contribution is 0.0738. The highest BCUT2D eigenvalue weighted by Gasteiger charge is 2.33. The van der Waals surface area contributed by atoms with Crippen molar-refractivity contribution in [2.75, 3.05) is 13.1 Å². The van der Waals surface area contributed by atoms with Crippen molar-refractivity contribution in [2.45, 2.75) is 59.2 Å². The highest BCUT2D eigenvalue weighted by Crippen LogP contribution is 2.25. The first-order valence-corrected chi connectivity index (χ1v) is 7.88. The van der Waals surface area contributed by atoms with Crippen LogP contribution in [0, 0.1) is 5.41 Å². The van der Waals surface area contributed by atoms with Crippen molar-refractivity contribution in [1.29, 1.82) is 0 Å². The van der Waals surface area contributed by atoms with Crippen LogP contribution in [0.1, 0.15) is 46.2 Å². The summed E-state index contributed by atoms with van der Waals surface area (Å²) in [5.41, 5.74) is 1.49. The van der Waals surface area contributed by atoms with Gasteiger partial charge in [-0.3, -0.25) is 9.88 Å². The van der Waals surface area contributed by atoms with Crippen LogP contribution in [-0.2, 0) is 6.54 Å². The smallest absolute Gasteiger partial charge is 0.0544 e. The molecule has 2 heterocycles.